The summed E-state index contributed by atoms with van der Waals surface area (Å²) in [5.74, 6) is 1.05. The highest BCUT2D eigenvalue weighted by atomic mass is 32.1. The number of rotatable bonds is 5. The number of fused-ring (bicyclic) bond motifs is 1. The van der Waals surface area contributed by atoms with Crippen molar-refractivity contribution < 1.29 is 5.11 Å². The highest BCUT2D eigenvalue weighted by Gasteiger charge is 2.27. The Morgan fingerprint density at radius 2 is 2.28 bits per heavy atom. The van der Waals surface area contributed by atoms with E-state index in [9.17, 15) is 0 Å². The molecule has 0 unspecified atom stereocenters. The minimum Gasteiger partial charge on any atom is -0.396 e. The number of thiophene rings is 1. The Morgan fingerprint density at radius 3 is 3.00 bits per heavy atom. The fourth-order valence-corrected chi connectivity index (χ4v) is 3.23. The molecule has 2 aromatic rings. The minimum atomic E-state index is 0.238. The Bertz CT molecular complexity index is 524. The summed E-state index contributed by atoms with van der Waals surface area (Å²) >= 11 is 1.70. The van der Waals surface area contributed by atoms with Gasteiger partial charge in [0.05, 0.1) is 10.2 Å². The van der Waals surface area contributed by atoms with Crippen molar-refractivity contribution in [3.63, 3.8) is 0 Å². The maximum absolute atomic E-state index is 9.05. The van der Waals surface area contributed by atoms with Gasteiger partial charge in [-0.25, -0.2) is 9.97 Å². The molecule has 1 saturated carbocycles. The van der Waals surface area contributed by atoms with Crippen LogP contribution in [-0.2, 0) is 0 Å². The summed E-state index contributed by atoms with van der Waals surface area (Å²) in [6, 6.07) is 2.63. The lowest BCUT2D eigenvalue weighted by Crippen LogP contribution is -2.41. The highest BCUT2D eigenvalue weighted by molar-refractivity contribution is 7.17. The van der Waals surface area contributed by atoms with Gasteiger partial charge in [0.25, 0.3) is 0 Å². The van der Waals surface area contributed by atoms with E-state index >= 15 is 0 Å². The molecule has 96 valence electrons. The molecule has 1 N–H and O–H groups in total. The molecular weight excluding hydrogens is 246 g/mol. The van der Waals surface area contributed by atoms with E-state index in [0.717, 1.165) is 24.3 Å². The van der Waals surface area contributed by atoms with E-state index in [-0.39, 0.29) is 6.61 Å². The van der Waals surface area contributed by atoms with Crippen LogP contribution in [-0.4, -0.2) is 34.3 Å². The van der Waals surface area contributed by atoms with Gasteiger partial charge in [0.1, 0.15) is 12.1 Å². The third-order valence-electron chi connectivity index (χ3n) is 3.57. The summed E-state index contributed by atoms with van der Waals surface area (Å²) in [4.78, 5) is 11.1. The second kappa shape index (κ2) is 5.20. The first-order chi connectivity index (χ1) is 8.90. The minimum absolute atomic E-state index is 0.238. The van der Waals surface area contributed by atoms with Crippen molar-refractivity contribution in [2.24, 2.45) is 0 Å². The number of aromatic nitrogens is 2. The van der Waals surface area contributed by atoms with Gasteiger partial charge in [0.2, 0.25) is 0 Å². The molecule has 0 radical (unpaired) electrons. The van der Waals surface area contributed by atoms with Crippen LogP contribution in [0, 0.1) is 0 Å². The molecule has 4 nitrogen and oxygen atoms in total. The Balaban J connectivity index is 1.94. The van der Waals surface area contributed by atoms with Gasteiger partial charge in [0.15, 0.2) is 0 Å². The predicted molar refractivity (Wildman–Crippen MR) is 74.1 cm³/mol. The largest absolute Gasteiger partial charge is 0.396 e. The van der Waals surface area contributed by atoms with Crippen molar-refractivity contribution in [3.05, 3.63) is 17.8 Å². The number of hydrogen-bond acceptors (Lipinski definition) is 5. The van der Waals surface area contributed by atoms with Crippen LogP contribution in [0.15, 0.2) is 17.8 Å². The lowest BCUT2D eigenvalue weighted by atomic mass is 9.91. The van der Waals surface area contributed by atoms with Gasteiger partial charge >= 0.3 is 0 Å². The summed E-state index contributed by atoms with van der Waals surface area (Å²) in [5, 5.41) is 11.1. The Labute approximate surface area is 110 Å². The van der Waals surface area contributed by atoms with E-state index in [4.69, 9.17) is 5.11 Å². The predicted octanol–water partition coefficient (Wildman–Crippen LogP) is 2.43. The monoisotopic (exact) mass is 263 g/mol. The molecule has 0 saturated heterocycles. The summed E-state index contributed by atoms with van der Waals surface area (Å²) in [5.41, 5.74) is 1.03. The molecule has 1 aliphatic rings. The van der Waals surface area contributed by atoms with Crippen LogP contribution in [0.4, 0.5) is 5.82 Å². The number of nitrogens with zero attached hydrogens (tertiary/aromatic N) is 3. The van der Waals surface area contributed by atoms with Crippen molar-refractivity contribution in [2.45, 2.75) is 31.7 Å². The maximum atomic E-state index is 9.05. The molecule has 3 rings (SSSR count). The van der Waals surface area contributed by atoms with Crippen molar-refractivity contribution in [1.29, 1.82) is 0 Å². The van der Waals surface area contributed by atoms with Crippen molar-refractivity contribution in [2.75, 3.05) is 18.1 Å². The van der Waals surface area contributed by atoms with Crippen molar-refractivity contribution >= 4 is 27.4 Å². The van der Waals surface area contributed by atoms with Crippen LogP contribution < -0.4 is 4.90 Å². The maximum Gasteiger partial charge on any atom is 0.150 e. The third-order valence-corrected chi connectivity index (χ3v) is 4.47. The molecule has 0 aliphatic heterocycles. The van der Waals surface area contributed by atoms with E-state index in [0.29, 0.717) is 6.04 Å². The normalized spacial score (nSPS) is 15.8. The second-order valence-corrected chi connectivity index (χ2v) is 5.60. The van der Waals surface area contributed by atoms with Gasteiger partial charge in [-0.05, 0) is 37.1 Å². The van der Waals surface area contributed by atoms with E-state index in [1.165, 1.54) is 24.0 Å². The smallest absolute Gasteiger partial charge is 0.150 e. The van der Waals surface area contributed by atoms with E-state index in [1.807, 2.05) is 6.07 Å². The molecule has 18 heavy (non-hydrogen) atoms. The van der Waals surface area contributed by atoms with Crippen LogP contribution in [0.3, 0.4) is 0 Å². The molecule has 1 fully saturated rings. The Morgan fingerprint density at radius 1 is 1.39 bits per heavy atom. The van der Waals surface area contributed by atoms with Crippen LogP contribution in [0.25, 0.3) is 10.2 Å². The number of anilines is 1. The van der Waals surface area contributed by atoms with E-state index < -0.39 is 0 Å². The zero-order valence-corrected chi connectivity index (χ0v) is 11.1. The molecule has 0 amide bonds. The van der Waals surface area contributed by atoms with Crippen LogP contribution in [0.1, 0.15) is 25.7 Å². The number of hydrogen-bond donors (Lipinski definition) is 1. The molecule has 5 heteroatoms. The quantitative estimate of drug-likeness (QED) is 0.900. The SMILES string of the molecule is OCCCN(c1ncnc2ccsc12)C1CCC1. The summed E-state index contributed by atoms with van der Waals surface area (Å²) in [6.07, 6.45) is 6.23. The fraction of sp³-hybridized carbons (Fsp3) is 0.538. The lowest BCUT2D eigenvalue weighted by Gasteiger charge is -2.38. The molecule has 1 aliphatic carbocycles. The van der Waals surface area contributed by atoms with Gasteiger partial charge in [-0.2, -0.15) is 0 Å². The molecule has 0 aromatic carbocycles. The van der Waals surface area contributed by atoms with Crippen molar-refractivity contribution in [1.82, 2.24) is 9.97 Å². The Hall–Kier alpha value is -1.20. The first kappa shape index (κ1) is 11.9. The Kier molecular flexibility index (Phi) is 3.43. The summed E-state index contributed by atoms with van der Waals surface area (Å²) in [7, 11) is 0. The first-order valence-electron chi connectivity index (χ1n) is 6.46. The zero-order chi connectivity index (χ0) is 12.4. The third kappa shape index (κ3) is 2.08. The van der Waals surface area contributed by atoms with Gasteiger partial charge < -0.3 is 10.0 Å². The van der Waals surface area contributed by atoms with Gasteiger partial charge in [0, 0.05) is 19.2 Å². The second-order valence-electron chi connectivity index (χ2n) is 4.69. The van der Waals surface area contributed by atoms with Gasteiger partial charge in [-0.15, -0.1) is 11.3 Å². The highest BCUT2D eigenvalue weighted by Crippen LogP contribution is 2.34. The molecule has 0 bridgehead atoms. The van der Waals surface area contributed by atoms with Crippen LogP contribution in [0.5, 0.6) is 0 Å². The lowest BCUT2D eigenvalue weighted by molar-refractivity contribution is 0.282. The topological polar surface area (TPSA) is 49.2 Å². The first-order valence-corrected chi connectivity index (χ1v) is 7.34. The van der Waals surface area contributed by atoms with Gasteiger partial charge in [-0.3, -0.25) is 0 Å². The van der Waals surface area contributed by atoms with Crippen LogP contribution >= 0.6 is 11.3 Å². The average Bonchev–Trinajstić information content (AvgIpc) is 2.80. The van der Waals surface area contributed by atoms with Crippen molar-refractivity contribution in [3.8, 4) is 0 Å². The molecular formula is C13H17N3OS. The zero-order valence-electron chi connectivity index (χ0n) is 10.2. The summed E-state index contributed by atoms with van der Waals surface area (Å²) in [6.45, 7) is 1.12. The van der Waals surface area contributed by atoms with E-state index in [2.05, 4.69) is 20.2 Å². The molecule has 0 spiro atoms. The molecule has 0 atom stereocenters. The summed E-state index contributed by atoms with van der Waals surface area (Å²) < 4.78 is 1.17. The average molecular weight is 263 g/mol. The van der Waals surface area contributed by atoms with Crippen LogP contribution in [0.2, 0.25) is 0 Å². The number of aliphatic hydroxyl groups excluding tert-OH is 1. The van der Waals surface area contributed by atoms with Gasteiger partial charge in [-0.1, -0.05) is 0 Å². The standard InChI is InChI=1S/C13H17N3OS/c17-7-2-6-16(10-3-1-4-10)13-12-11(5-8-18-12)14-9-15-13/h5,8-10,17H,1-4,6-7H2. The number of aliphatic hydroxyl groups is 1. The molecule has 2 aromatic heterocycles. The van der Waals surface area contributed by atoms with E-state index in [1.54, 1.807) is 17.7 Å². The molecule has 2 heterocycles. The fourth-order valence-electron chi connectivity index (χ4n) is 2.38.